The summed E-state index contributed by atoms with van der Waals surface area (Å²) in [7, 11) is 1.41. The Morgan fingerprint density at radius 1 is 1.32 bits per heavy atom. The molecule has 1 fully saturated rings. The highest BCUT2D eigenvalue weighted by Crippen LogP contribution is 2.45. The number of carbonyl (C=O) groups excluding carboxylic acids is 1. The predicted molar refractivity (Wildman–Crippen MR) is 91.4 cm³/mol. The van der Waals surface area contributed by atoms with E-state index < -0.39 is 34.8 Å². The molecule has 1 aromatic heterocycles. The summed E-state index contributed by atoms with van der Waals surface area (Å²) in [5.41, 5.74) is -1.55. The molecule has 0 aliphatic heterocycles. The molecule has 0 amide bonds. The van der Waals surface area contributed by atoms with Crippen LogP contribution in [0.5, 0.6) is 0 Å². The molecule has 1 saturated carbocycles. The second-order valence-corrected chi connectivity index (χ2v) is 6.82. The van der Waals surface area contributed by atoms with Gasteiger partial charge in [-0.1, -0.05) is 6.07 Å². The normalized spacial score (nSPS) is 15.5. The van der Waals surface area contributed by atoms with Crippen molar-refractivity contribution in [2.45, 2.75) is 38.0 Å². The van der Waals surface area contributed by atoms with E-state index in [-0.39, 0.29) is 30.5 Å². The number of alkyl halides is 3. The van der Waals surface area contributed by atoms with Gasteiger partial charge in [-0.05, 0) is 42.4 Å². The van der Waals surface area contributed by atoms with Crippen molar-refractivity contribution in [2.24, 2.45) is 5.92 Å². The number of ketones is 1. The summed E-state index contributed by atoms with van der Waals surface area (Å²) in [6.45, 7) is 0.0204. The quantitative estimate of drug-likeness (QED) is 0.568. The molecule has 0 radical (unpaired) electrons. The number of carbonyl (C=O) groups is 1. The number of H-pyrrole nitrogens is 1. The fourth-order valence-electron chi connectivity index (χ4n) is 3.21. The number of benzene rings is 1. The number of rotatable bonds is 7. The summed E-state index contributed by atoms with van der Waals surface area (Å²) in [5, 5.41) is 0. The van der Waals surface area contributed by atoms with E-state index >= 15 is 0 Å². The number of nitrogens with one attached hydrogen (secondary N) is 1. The lowest BCUT2D eigenvalue weighted by molar-refractivity contribution is -0.140. The van der Waals surface area contributed by atoms with Gasteiger partial charge < -0.3 is 9.72 Å². The number of aromatic nitrogens is 2. The molecule has 1 heterocycles. The van der Waals surface area contributed by atoms with Gasteiger partial charge in [0.2, 0.25) is 0 Å². The molecule has 1 aliphatic rings. The first-order chi connectivity index (χ1) is 13.2. The molecule has 1 N–H and O–H groups in total. The molecule has 9 heteroatoms. The Hall–Kier alpha value is -2.55. The van der Waals surface area contributed by atoms with Crippen molar-refractivity contribution in [1.29, 1.82) is 0 Å². The van der Waals surface area contributed by atoms with Crippen LogP contribution in [0.2, 0.25) is 0 Å². The van der Waals surface area contributed by atoms with Crippen molar-refractivity contribution < 1.29 is 27.1 Å². The van der Waals surface area contributed by atoms with E-state index in [9.17, 15) is 27.2 Å². The molecule has 0 unspecified atom stereocenters. The summed E-state index contributed by atoms with van der Waals surface area (Å²) < 4.78 is 57.2. The van der Waals surface area contributed by atoms with Crippen LogP contribution < -0.4 is 5.56 Å². The highest BCUT2D eigenvalue weighted by molar-refractivity contribution is 5.94. The van der Waals surface area contributed by atoms with Crippen molar-refractivity contribution >= 4 is 5.78 Å². The molecule has 5 nitrogen and oxygen atoms in total. The van der Waals surface area contributed by atoms with Gasteiger partial charge >= 0.3 is 6.18 Å². The first-order valence-electron chi connectivity index (χ1n) is 8.68. The van der Waals surface area contributed by atoms with Crippen LogP contribution in [0, 0.1) is 11.7 Å². The number of methoxy groups -OCH3 is 1. The van der Waals surface area contributed by atoms with E-state index in [1.54, 1.807) is 0 Å². The molecule has 1 atom stereocenters. The Balaban J connectivity index is 1.86. The first kappa shape index (κ1) is 20.2. The Morgan fingerprint density at radius 2 is 2.04 bits per heavy atom. The molecule has 150 valence electrons. The summed E-state index contributed by atoms with van der Waals surface area (Å²) in [6.07, 6.45) is -3.24. The molecule has 28 heavy (non-hydrogen) atoms. The number of nitrogens with zero attached hydrogens (tertiary/aromatic N) is 1. The topological polar surface area (TPSA) is 72.0 Å². The maximum absolute atomic E-state index is 14.0. The molecule has 2 aromatic rings. The van der Waals surface area contributed by atoms with Gasteiger partial charge in [0.05, 0.1) is 5.56 Å². The standard InChI is InChI=1S/C19H18F4N2O3/c1-28-9-17-24-15(8-18(27)25-17)16(26)7-12(10-2-3-10)11-4-5-13(14(20)6-11)19(21,22)23/h4-6,8,10,12H,2-3,7,9H2,1H3,(H,24,25,27)/t12-/m1/s1. The second-order valence-electron chi connectivity index (χ2n) is 6.82. The maximum Gasteiger partial charge on any atom is 0.419 e. The monoisotopic (exact) mass is 398 g/mol. The van der Waals surface area contributed by atoms with Gasteiger partial charge in [-0.25, -0.2) is 9.37 Å². The molecule has 1 aromatic carbocycles. The number of aromatic amines is 1. The Kier molecular flexibility index (Phi) is 5.64. The second kappa shape index (κ2) is 7.83. The minimum atomic E-state index is -4.78. The largest absolute Gasteiger partial charge is 0.419 e. The predicted octanol–water partition coefficient (Wildman–Crippen LogP) is 3.84. The zero-order valence-corrected chi connectivity index (χ0v) is 15.0. The van der Waals surface area contributed by atoms with E-state index in [0.29, 0.717) is 11.6 Å². The van der Waals surface area contributed by atoms with Gasteiger partial charge in [-0.2, -0.15) is 13.2 Å². The van der Waals surface area contributed by atoms with E-state index in [4.69, 9.17) is 4.74 Å². The third-order valence-corrected chi connectivity index (χ3v) is 4.68. The molecular weight excluding hydrogens is 380 g/mol. The van der Waals surface area contributed by atoms with Crippen LogP contribution in [0.15, 0.2) is 29.1 Å². The van der Waals surface area contributed by atoms with Crippen LogP contribution in [0.25, 0.3) is 0 Å². The average Bonchev–Trinajstić information content (AvgIpc) is 3.43. The number of Topliss-reactive ketones (excluding diaryl/α,β-unsaturated/α-hetero) is 1. The smallest absolute Gasteiger partial charge is 0.377 e. The summed E-state index contributed by atoms with van der Waals surface area (Å²) >= 11 is 0. The van der Waals surface area contributed by atoms with Crippen molar-refractivity contribution in [1.82, 2.24) is 9.97 Å². The van der Waals surface area contributed by atoms with Gasteiger partial charge in [0, 0.05) is 19.6 Å². The molecule has 0 saturated heterocycles. The van der Waals surface area contributed by atoms with Crippen LogP contribution in [0.4, 0.5) is 17.6 Å². The fraction of sp³-hybridized carbons (Fsp3) is 0.421. The van der Waals surface area contributed by atoms with E-state index in [1.807, 2.05) is 0 Å². The molecule has 1 aliphatic carbocycles. The van der Waals surface area contributed by atoms with Gasteiger partial charge in [-0.3, -0.25) is 9.59 Å². The third kappa shape index (κ3) is 4.64. The van der Waals surface area contributed by atoms with Crippen LogP contribution in [0.3, 0.4) is 0 Å². The van der Waals surface area contributed by atoms with Crippen LogP contribution >= 0.6 is 0 Å². The van der Waals surface area contributed by atoms with Gasteiger partial charge in [0.15, 0.2) is 5.78 Å². The van der Waals surface area contributed by atoms with Crippen molar-refractivity contribution in [3.05, 3.63) is 63.1 Å². The Morgan fingerprint density at radius 3 is 2.61 bits per heavy atom. The van der Waals surface area contributed by atoms with E-state index in [1.165, 1.54) is 13.2 Å². The van der Waals surface area contributed by atoms with Crippen LogP contribution in [0.1, 0.15) is 52.6 Å². The van der Waals surface area contributed by atoms with Crippen molar-refractivity contribution in [2.75, 3.05) is 7.11 Å². The van der Waals surface area contributed by atoms with Crippen LogP contribution in [-0.4, -0.2) is 22.9 Å². The zero-order chi connectivity index (χ0) is 20.5. The summed E-state index contributed by atoms with van der Waals surface area (Å²) in [6, 6.07) is 3.83. The molecular formula is C19H18F4N2O3. The zero-order valence-electron chi connectivity index (χ0n) is 15.0. The highest BCUT2D eigenvalue weighted by atomic mass is 19.4. The van der Waals surface area contributed by atoms with Gasteiger partial charge in [-0.15, -0.1) is 0 Å². The average molecular weight is 398 g/mol. The minimum absolute atomic E-state index is 0.0204. The third-order valence-electron chi connectivity index (χ3n) is 4.68. The van der Waals surface area contributed by atoms with Crippen LogP contribution in [-0.2, 0) is 17.5 Å². The molecule has 0 bridgehead atoms. The number of ether oxygens (including phenoxy) is 1. The lowest BCUT2D eigenvalue weighted by Gasteiger charge is -2.17. The molecule has 0 spiro atoms. The number of hydrogen-bond acceptors (Lipinski definition) is 4. The first-order valence-corrected chi connectivity index (χ1v) is 8.68. The number of halogens is 4. The SMILES string of the molecule is COCc1nc(C(=O)C[C@@H](c2ccc(C(F)(F)F)c(F)c2)C2CC2)cc(=O)[nH]1. The number of hydrogen-bond donors (Lipinski definition) is 1. The van der Waals surface area contributed by atoms with E-state index in [0.717, 1.165) is 25.0 Å². The summed E-state index contributed by atoms with van der Waals surface area (Å²) in [5.74, 6) is -1.95. The Labute approximate surface area is 157 Å². The highest BCUT2D eigenvalue weighted by Gasteiger charge is 2.37. The van der Waals surface area contributed by atoms with Gasteiger partial charge in [0.25, 0.3) is 5.56 Å². The Bertz CT molecular complexity index is 936. The fourth-order valence-corrected chi connectivity index (χ4v) is 3.21. The van der Waals surface area contributed by atoms with E-state index in [2.05, 4.69) is 9.97 Å². The lowest BCUT2D eigenvalue weighted by Crippen LogP contribution is -2.18. The van der Waals surface area contributed by atoms with Gasteiger partial charge in [0.1, 0.15) is 23.9 Å². The lowest BCUT2D eigenvalue weighted by atomic mass is 9.88. The van der Waals surface area contributed by atoms with Crippen molar-refractivity contribution in [3.8, 4) is 0 Å². The maximum atomic E-state index is 14.0. The molecule has 3 rings (SSSR count). The summed E-state index contributed by atoms with van der Waals surface area (Å²) in [4.78, 5) is 30.9. The minimum Gasteiger partial charge on any atom is -0.377 e. The van der Waals surface area contributed by atoms with Crippen molar-refractivity contribution in [3.63, 3.8) is 0 Å².